The van der Waals surface area contributed by atoms with Gasteiger partial charge in [0.05, 0.1) is 5.69 Å². The van der Waals surface area contributed by atoms with Crippen LogP contribution in [0.5, 0.6) is 0 Å². The first-order chi connectivity index (χ1) is 12.5. The number of aromatic nitrogens is 1. The predicted molar refractivity (Wildman–Crippen MR) is 99.9 cm³/mol. The standard InChI is InChI=1S/C18H21FN4O2S/c1-13-12-26-18(20-13)21-16(24)6-7-17(25)23-10-8-22(9-11-23)15-4-2-14(19)3-5-15/h2-5,12H,6-11H2,1H3,(H,20,21,24). The van der Waals surface area contributed by atoms with Gasteiger partial charge in [-0.3, -0.25) is 9.59 Å². The zero-order chi connectivity index (χ0) is 18.5. The fraction of sp³-hybridized carbons (Fsp3) is 0.389. The average Bonchev–Trinajstić information content (AvgIpc) is 3.05. The molecule has 0 atom stereocenters. The number of piperazine rings is 1. The van der Waals surface area contributed by atoms with Crippen molar-refractivity contribution in [2.75, 3.05) is 36.4 Å². The highest BCUT2D eigenvalue weighted by Crippen LogP contribution is 2.18. The van der Waals surface area contributed by atoms with Crippen molar-refractivity contribution in [3.63, 3.8) is 0 Å². The lowest BCUT2D eigenvalue weighted by Gasteiger charge is -2.36. The van der Waals surface area contributed by atoms with E-state index in [1.807, 2.05) is 12.3 Å². The average molecular weight is 376 g/mol. The van der Waals surface area contributed by atoms with Gasteiger partial charge in [0.25, 0.3) is 0 Å². The van der Waals surface area contributed by atoms with Crippen LogP contribution in [-0.4, -0.2) is 47.9 Å². The number of carbonyl (C=O) groups is 2. The van der Waals surface area contributed by atoms with Gasteiger partial charge in [-0.05, 0) is 31.2 Å². The van der Waals surface area contributed by atoms with Gasteiger partial charge >= 0.3 is 0 Å². The topological polar surface area (TPSA) is 65.5 Å². The number of hydrogen-bond donors (Lipinski definition) is 1. The fourth-order valence-corrected chi connectivity index (χ4v) is 3.54. The first-order valence-electron chi connectivity index (χ1n) is 8.51. The van der Waals surface area contributed by atoms with Crippen LogP contribution < -0.4 is 10.2 Å². The molecule has 2 amide bonds. The second kappa shape index (κ2) is 8.27. The van der Waals surface area contributed by atoms with E-state index in [1.165, 1.54) is 23.5 Å². The van der Waals surface area contributed by atoms with Crippen molar-refractivity contribution in [1.82, 2.24) is 9.88 Å². The normalized spacial score (nSPS) is 14.4. The SMILES string of the molecule is Cc1csc(NC(=O)CCC(=O)N2CCN(c3ccc(F)cc3)CC2)n1. The minimum atomic E-state index is -0.256. The van der Waals surface area contributed by atoms with Crippen LogP contribution in [0, 0.1) is 12.7 Å². The van der Waals surface area contributed by atoms with Gasteiger partial charge in [0.2, 0.25) is 11.8 Å². The number of carbonyl (C=O) groups excluding carboxylic acids is 2. The zero-order valence-corrected chi connectivity index (χ0v) is 15.4. The van der Waals surface area contributed by atoms with E-state index in [2.05, 4.69) is 15.2 Å². The number of halogens is 1. The van der Waals surface area contributed by atoms with Crippen LogP contribution >= 0.6 is 11.3 Å². The number of aryl methyl sites for hydroxylation is 1. The van der Waals surface area contributed by atoms with Gasteiger partial charge < -0.3 is 15.1 Å². The number of rotatable bonds is 5. The maximum absolute atomic E-state index is 13.0. The van der Waals surface area contributed by atoms with E-state index in [0.717, 1.165) is 11.4 Å². The molecule has 0 bridgehead atoms. The third-order valence-corrected chi connectivity index (χ3v) is 5.13. The molecule has 0 unspecified atom stereocenters. The quantitative estimate of drug-likeness (QED) is 0.871. The van der Waals surface area contributed by atoms with Gasteiger partial charge in [-0.1, -0.05) is 0 Å². The van der Waals surface area contributed by atoms with Crippen molar-refractivity contribution in [1.29, 1.82) is 0 Å². The summed E-state index contributed by atoms with van der Waals surface area (Å²) in [5, 5.41) is 5.14. The smallest absolute Gasteiger partial charge is 0.226 e. The molecule has 3 rings (SSSR count). The number of amides is 2. The Hall–Kier alpha value is -2.48. The molecule has 8 heteroatoms. The van der Waals surface area contributed by atoms with E-state index in [0.29, 0.717) is 31.3 Å². The molecule has 0 spiro atoms. The summed E-state index contributed by atoms with van der Waals surface area (Å²) in [5.74, 6) is -0.472. The summed E-state index contributed by atoms with van der Waals surface area (Å²) in [6.07, 6.45) is 0.336. The number of anilines is 2. The molecule has 1 N–H and O–H groups in total. The number of nitrogens with one attached hydrogen (secondary N) is 1. The fourth-order valence-electron chi connectivity index (χ4n) is 2.84. The zero-order valence-electron chi connectivity index (χ0n) is 14.6. The highest BCUT2D eigenvalue weighted by atomic mass is 32.1. The summed E-state index contributed by atoms with van der Waals surface area (Å²) < 4.78 is 13.0. The van der Waals surface area contributed by atoms with Crippen LogP contribution in [-0.2, 0) is 9.59 Å². The Balaban J connectivity index is 1.42. The molecule has 1 aliphatic heterocycles. The maximum atomic E-state index is 13.0. The van der Waals surface area contributed by atoms with E-state index < -0.39 is 0 Å². The minimum Gasteiger partial charge on any atom is -0.368 e. The number of benzene rings is 1. The van der Waals surface area contributed by atoms with E-state index in [4.69, 9.17) is 0 Å². The molecule has 0 aliphatic carbocycles. The van der Waals surface area contributed by atoms with Gasteiger partial charge in [-0.2, -0.15) is 0 Å². The molecule has 1 saturated heterocycles. The summed E-state index contributed by atoms with van der Waals surface area (Å²) in [6.45, 7) is 4.46. The number of hydrogen-bond acceptors (Lipinski definition) is 5. The second-order valence-corrected chi connectivity index (χ2v) is 7.04. The van der Waals surface area contributed by atoms with Crippen molar-refractivity contribution in [3.8, 4) is 0 Å². The van der Waals surface area contributed by atoms with Crippen LogP contribution in [0.1, 0.15) is 18.5 Å². The maximum Gasteiger partial charge on any atom is 0.226 e. The van der Waals surface area contributed by atoms with Crippen LogP contribution in [0.4, 0.5) is 15.2 Å². The molecule has 2 aromatic rings. The first kappa shape index (κ1) is 18.3. The third-order valence-electron chi connectivity index (χ3n) is 4.26. The van der Waals surface area contributed by atoms with Crippen LogP contribution in [0.25, 0.3) is 0 Å². The number of nitrogens with zero attached hydrogens (tertiary/aromatic N) is 3. The van der Waals surface area contributed by atoms with E-state index >= 15 is 0 Å². The molecule has 1 aliphatic rings. The molecule has 1 aromatic heterocycles. The third kappa shape index (κ3) is 4.78. The summed E-state index contributed by atoms with van der Waals surface area (Å²) in [6, 6.07) is 6.37. The largest absolute Gasteiger partial charge is 0.368 e. The Morgan fingerprint density at radius 3 is 2.46 bits per heavy atom. The Labute approximate surface area is 155 Å². The van der Waals surface area contributed by atoms with Crippen molar-refractivity contribution < 1.29 is 14.0 Å². The molecule has 138 valence electrons. The minimum absolute atomic E-state index is 0.0192. The predicted octanol–water partition coefficient (Wildman–Crippen LogP) is 2.66. The lowest BCUT2D eigenvalue weighted by Crippen LogP contribution is -2.48. The number of thiazole rings is 1. The van der Waals surface area contributed by atoms with Gasteiger partial charge in [-0.15, -0.1) is 11.3 Å². The van der Waals surface area contributed by atoms with Crippen LogP contribution in [0.3, 0.4) is 0 Å². The van der Waals surface area contributed by atoms with Crippen LogP contribution in [0.2, 0.25) is 0 Å². The molecule has 1 fully saturated rings. The van der Waals surface area contributed by atoms with Crippen molar-refractivity contribution in [3.05, 3.63) is 41.2 Å². The van der Waals surface area contributed by atoms with Gasteiger partial charge in [-0.25, -0.2) is 9.37 Å². The van der Waals surface area contributed by atoms with Crippen molar-refractivity contribution in [2.24, 2.45) is 0 Å². The molecule has 0 saturated carbocycles. The van der Waals surface area contributed by atoms with Crippen molar-refractivity contribution in [2.45, 2.75) is 19.8 Å². The Kier molecular flexibility index (Phi) is 5.82. The Bertz CT molecular complexity index is 770. The van der Waals surface area contributed by atoms with E-state index in [9.17, 15) is 14.0 Å². The molecule has 26 heavy (non-hydrogen) atoms. The van der Waals surface area contributed by atoms with Crippen molar-refractivity contribution >= 4 is 34.0 Å². The molecular weight excluding hydrogens is 355 g/mol. The summed E-state index contributed by atoms with van der Waals surface area (Å²) in [5.41, 5.74) is 1.82. The Morgan fingerprint density at radius 2 is 1.85 bits per heavy atom. The van der Waals surface area contributed by atoms with Gasteiger partial charge in [0.15, 0.2) is 5.13 Å². The van der Waals surface area contributed by atoms with E-state index in [1.54, 1.807) is 17.0 Å². The lowest BCUT2D eigenvalue weighted by molar-refractivity contribution is -0.133. The molecule has 2 heterocycles. The van der Waals surface area contributed by atoms with Gasteiger partial charge in [0, 0.05) is 50.1 Å². The summed E-state index contributed by atoms with van der Waals surface area (Å²) >= 11 is 1.37. The lowest BCUT2D eigenvalue weighted by atomic mass is 10.2. The highest BCUT2D eigenvalue weighted by Gasteiger charge is 2.21. The summed E-state index contributed by atoms with van der Waals surface area (Å²) in [7, 11) is 0. The highest BCUT2D eigenvalue weighted by molar-refractivity contribution is 7.13. The second-order valence-electron chi connectivity index (χ2n) is 6.19. The first-order valence-corrected chi connectivity index (χ1v) is 9.39. The molecule has 1 aromatic carbocycles. The summed E-state index contributed by atoms with van der Waals surface area (Å²) in [4.78, 5) is 32.3. The van der Waals surface area contributed by atoms with Crippen LogP contribution in [0.15, 0.2) is 29.6 Å². The van der Waals surface area contributed by atoms with E-state index in [-0.39, 0.29) is 30.5 Å². The van der Waals surface area contributed by atoms with Gasteiger partial charge in [0.1, 0.15) is 5.82 Å². The molecule has 0 radical (unpaired) electrons. The monoisotopic (exact) mass is 376 g/mol. The Morgan fingerprint density at radius 1 is 1.15 bits per heavy atom. The molecule has 6 nitrogen and oxygen atoms in total. The molecular formula is C18H21FN4O2S.